The first-order valence-corrected chi connectivity index (χ1v) is 15.0. The van der Waals surface area contributed by atoms with Gasteiger partial charge in [-0.25, -0.2) is 0 Å². The number of benzene rings is 3. The number of nitrogens with zero attached hydrogens (tertiary/aromatic N) is 3. The van der Waals surface area contributed by atoms with Crippen molar-refractivity contribution < 1.29 is 19.4 Å². The summed E-state index contributed by atoms with van der Waals surface area (Å²) in [5, 5.41) is 19.7. The molecule has 0 radical (unpaired) electrons. The van der Waals surface area contributed by atoms with Gasteiger partial charge in [-0.2, -0.15) is 5.26 Å². The zero-order chi connectivity index (χ0) is 29.9. The van der Waals surface area contributed by atoms with E-state index in [9.17, 15) is 15.2 Å². The van der Waals surface area contributed by atoms with E-state index in [-0.39, 0.29) is 12.2 Å². The summed E-state index contributed by atoms with van der Waals surface area (Å²) >= 11 is 13.5. The van der Waals surface area contributed by atoms with E-state index < -0.39 is 0 Å². The number of hydrogen-bond donors (Lipinski definition) is 1. The van der Waals surface area contributed by atoms with Crippen LogP contribution in [0.15, 0.2) is 67.0 Å². The third kappa shape index (κ3) is 6.11. The van der Waals surface area contributed by atoms with Gasteiger partial charge in [0.25, 0.3) is 0 Å². The first kappa shape index (κ1) is 29.2. The molecular formula is C34H29Cl2N3O4. The molecule has 6 rings (SSSR count). The Hall–Kier alpha value is -3.93. The number of fused-ring (bicyclic) bond motifs is 1. The van der Waals surface area contributed by atoms with Gasteiger partial charge < -0.3 is 14.6 Å². The summed E-state index contributed by atoms with van der Waals surface area (Å²) in [6.45, 7) is 2.88. The largest absolute Gasteiger partial charge is 0.492 e. The molecule has 9 heteroatoms. The minimum atomic E-state index is -0.246. The molecule has 0 bridgehead atoms. The summed E-state index contributed by atoms with van der Waals surface area (Å²) in [5.41, 5.74) is 6.17. The standard InChI is InChI=1S/C34H29Cl2N3O4/c35-30-13-23(20-40)29(22-12-21(15-37)16-38-17-22)14-33(30)43-31-9-8-26-25(4-1-5-27(26)31)28-6-2-7-32(34(28)36)42-11-3-10-39-18-24(41)19-39/h1-2,4-7,12-14,16-17,20,24,31,41H,3,8-11,18-19H2. The lowest BCUT2D eigenvalue weighted by Crippen LogP contribution is -2.50. The number of rotatable bonds is 10. The number of aldehydes is 1. The van der Waals surface area contributed by atoms with Gasteiger partial charge in [0.2, 0.25) is 0 Å². The number of β-amino-alcohol motifs (C(OH)–C–C–N with tert-alkyl or cyclic N) is 1. The summed E-state index contributed by atoms with van der Waals surface area (Å²) in [7, 11) is 0. The van der Waals surface area contributed by atoms with Gasteiger partial charge in [-0.3, -0.25) is 14.7 Å². The summed E-state index contributed by atoms with van der Waals surface area (Å²) in [6.07, 6.45) is 5.77. The van der Waals surface area contributed by atoms with Gasteiger partial charge in [-0.05, 0) is 65.8 Å². The predicted octanol–water partition coefficient (Wildman–Crippen LogP) is 6.92. The monoisotopic (exact) mass is 613 g/mol. The highest BCUT2D eigenvalue weighted by Crippen LogP contribution is 2.45. The van der Waals surface area contributed by atoms with Crippen LogP contribution in [0, 0.1) is 11.3 Å². The van der Waals surface area contributed by atoms with E-state index in [4.69, 9.17) is 32.7 Å². The number of aliphatic hydroxyl groups is 1. The summed E-state index contributed by atoms with van der Waals surface area (Å²) in [4.78, 5) is 18.2. The van der Waals surface area contributed by atoms with Crippen molar-refractivity contribution >= 4 is 29.5 Å². The van der Waals surface area contributed by atoms with Gasteiger partial charge in [-0.1, -0.05) is 53.5 Å². The molecule has 1 aliphatic heterocycles. The number of aliphatic hydroxyl groups excluding tert-OH is 1. The van der Waals surface area contributed by atoms with Gasteiger partial charge in [0.05, 0.1) is 28.3 Å². The van der Waals surface area contributed by atoms with Gasteiger partial charge in [0.15, 0.2) is 6.29 Å². The van der Waals surface area contributed by atoms with E-state index in [1.807, 2.05) is 24.3 Å². The van der Waals surface area contributed by atoms with Crippen LogP contribution in [0.4, 0.5) is 0 Å². The molecule has 1 aliphatic carbocycles. The van der Waals surface area contributed by atoms with Gasteiger partial charge >= 0.3 is 0 Å². The number of nitriles is 1. The van der Waals surface area contributed by atoms with Crippen LogP contribution in [0.3, 0.4) is 0 Å². The van der Waals surface area contributed by atoms with Crippen LogP contribution < -0.4 is 9.47 Å². The number of ether oxygens (including phenoxy) is 2. The van der Waals surface area contributed by atoms with Crippen molar-refractivity contribution in [1.82, 2.24) is 9.88 Å². The normalized spacial score (nSPS) is 16.3. The van der Waals surface area contributed by atoms with Crippen LogP contribution in [0.2, 0.25) is 10.0 Å². The fourth-order valence-electron chi connectivity index (χ4n) is 5.83. The Balaban J connectivity index is 1.23. The summed E-state index contributed by atoms with van der Waals surface area (Å²) in [5.74, 6) is 1.10. The third-order valence-corrected chi connectivity index (χ3v) is 8.65. The second kappa shape index (κ2) is 12.7. The van der Waals surface area contributed by atoms with Crippen molar-refractivity contribution in [2.45, 2.75) is 31.5 Å². The number of carbonyl (C=O) groups excluding carboxylic acids is 1. The Morgan fingerprint density at radius 1 is 1.05 bits per heavy atom. The summed E-state index contributed by atoms with van der Waals surface area (Å²) in [6, 6.07) is 19.1. The minimum absolute atomic E-state index is 0.201. The number of carbonyl (C=O) groups is 1. The molecule has 2 aliphatic rings. The molecule has 0 spiro atoms. The fourth-order valence-corrected chi connectivity index (χ4v) is 6.32. The molecule has 1 aromatic heterocycles. The highest BCUT2D eigenvalue weighted by Gasteiger charge is 2.29. The molecule has 1 N–H and O–H groups in total. The van der Waals surface area contributed by atoms with Crippen LogP contribution in [0.25, 0.3) is 22.3 Å². The maximum atomic E-state index is 11.9. The predicted molar refractivity (Wildman–Crippen MR) is 166 cm³/mol. The molecule has 1 atom stereocenters. The quantitative estimate of drug-likeness (QED) is 0.153. The second-order valence-electron chi connectivity index (χ2n) is 10.8. The molecule has 218 valence electrons. The molecule has 43 heavy (non-hydrogen) atoms. The van der Waals surface area contributed by atoms with Crippen molar-refractivity contribution in [2.75, 3.05) is 26.2 Å². The number of likely N-dealkylation sites (tertiary alicyclic amines) is 1. The maximum Gasteiger partial charge on any atom is 0.150 e. The zero-order valence-corrected chi connectivity index (χ0v) is 24.8. The highest BCUT2D eigenvalue weighted by atomic mass is 35.5. The van der Waals surface area contributed by atoms with Gasteiger partial charge in [0, 0.05) is 48.7 Å². The number of hydrogen-bond acceptors (Lipinski definition) is 7. The van der Waals surface area contributed by atoms with Crippen LogP contribution in [0.5, 0.6) is 11.5 Å². The molecule has 4 aromatic rings. The van der Waals surface area contributed by atoms with Crippen molar-refractivity contribution in [2.24, 2.45) is 0 Å². The van der Waals surface area contributed by atoms with Crippen molar-refractivity contribution in [1.29, 1.82) is 5.26 Å². The molecule has 2 heterocycles. The Morgan fingerprint density at radius 2 is 1.86 bits per heavy atom. The maximum absolute atomic E-state index is 11.9. The van der Waals surface area contributed by atoms with Crippen LogP contribution in [-0.4, -0.2) is 53.6 Å². The molecular weight excluding hydrogens is 585 g/mol. The van der Waals surface area contributed by atoms with Crippen molar-refractivity contribution in [3.63, 3.8) is 0 Å². The molecule has 1 unspecified atom stereocenters. The third-order valence-electron chi connectivity index (χ3n) is 7.96. The minimum Gasteiger partial charge on any atom is -0.492 e. The van der Waals surface area contributed by atoms with E-state index in [1.165, 1.54) is 6.20 Å². The van der Waals surface area contributed by atoms with E-state index in [2.05, 4.69) is 28.1 Å². The van der Waals surface area contributed by atoms with Crippen LogP contribution >= 0.6 is 23.2 Å². The number of pyridine rings is 1. The smallest absolute Gasteiger partial charge is 0.150 e. The lowest BCUT2D eigenvalue weighted by molar-refractivity contribution is 0.0000493. The first-order chi connectivity index (χ1) is 20.9. The number of halogens is 2. The van der Waals surface area contributed by atoms with E-state index in [1.54, 1.807) is 24.4 Å². The Kier molecular flexibility index (Phi) is 8.64. The second-order valence-corrected chi connectivity index (χ2v) is 11.6. The topological polar surface area (TPSA) is 95.7 Å². The molecule has 1 fully saturated rings. The van der Waals surface area contributed by atoms with E-state index in [0.29, 0.717) is 50.4 Å². The molecule has 1 saturated heterocycles. The molecule has 3 aromatic carbocycles. The van der Waals surface area contributed by atoms with Crippen molar-refractivity contribution in [3.8, 4) is 39.8 Å². The van der Waals surface area contributed by atoms with Crippen LogP contribution in [-0.2, 0) is 6.42 Å². The first-order valence-electron chi connectivity index (χ1n) is 14.2. The average Bonchev–Trinajstić information content (AvgIpc) is 3.42. The average molecular weight is 615 g/mol. The molecule has 0 amide bonds. The SMILES string of the molecule is N#Cc1cncc(-c2cc(OC3CCc4c(-c5cccc(OCCCN6CC(O)C6)c5Cl)cccc43)c(Cl)cc2C=O)c1. The van der Waals surface area contributed by atoms with E-state index in [0.717, 1.165) is 67.4 Å². The van der Waals surface area contributed by atoms with Crippen LogP contribution in [0.1, 0.15) is 46.0 Å². The van der Waals surface area contributed by atoms with E-state index >= 15 is 0 Å². The fraction of sp³-hybridized carbons (Fsp3) is 0.265. The van der Waals surface area contributed by atoms with Crippen molar-refractivity contribution in [3.05, 3.63) is 99.3 Å². The Labute approximate surface area is 260 Å². The van der Waals surface area contributed by atoms with Gasteiger partial charge in [-0.15, -0.1) is 0 Å². The Bertz CT molecular complexity index is 1710. The Morgan fingerprint density at radius 3 is 2.65 bits per heavy atom. The summed E-state index contributed by atoms with van der Waals surface area (Å²) < 4.78 is 12.5. The molecule has 0 saturated carbocycles. The lowest BCUT2D eigenvalue weighted by atomic mass is 9.96. The zero-order valence-electron chi connectivity index (χ0n) is 23.3. The number of aromatic nitrogens is 1. The van der Waals surface area contributed by atoms with Gasteiger partial charge in [0.1, 0.15) is 23.7 Å². The molecule has 7 nitrogen and oxygen atoms in total. The highest BCUT2D eigenvalue weighted by molar-refractivity contribution is 6.35. The lowest BCUT2D eigenvalue weighted by Gasteiger charge is -2.35.